The molecular formula is C32H31F3N4O5. The number of anilines is 1. The Morgan fingerprint density at radius 1 is 1.05 bits per heavy atom. The molecule has 1 spiro atoms. The highest BCUT2D eigenvalue weighted by atomic mass is 19.4. The van der Waals surface area contributed by atoms with Crippen LogP contribution in [0.4, 0.5) is 18.9 Å². The molecule has 0 bridgehead atoms. The van der Waals surface area contributed by atoms with E-state index in [-0.39, 0.29) is 17.9 Å². The number of hydrogen-bond donors (Lipinski definition) is 3. The SMILES string of the molecule is COc1ccc2c(c1)[C@]1(C[C@H]1c1ccc3c(-c4ccc(OC5CCN(C)CC5)cc4)n[nH]c3c1)C(=O)N2.O=C(O)C(F)(F)F. The fourth-order valence-corrected chi connectivity index (χ4v) is 6.16. The lowest BCUT2D eigenvalue weighted by Gasteiger charge is -2.29. The molecular weight excluding hydrogens is 577 g/mol. The van der Waals surface area contributed by atoms with Gasteiger partial charge in [-0.2, -0.15) is 18.3 Å². The Labute approximate surface area is 251 Å². The highest BCUT2D eigenvalue weighted by molar-refractivity contribution is 6.10. The monoisotopic (exact) mass is 608 g/mol. The summed E-state index contributed by atoms with van der Waals surface area (Å²) in [5.41, 5.74) is 5.52. The molecule has 230 valence electrons. The van der Waals surface area contributed by atoms with Gasteiger partial charge in [-0.15, -0.1) is 0 Å². The number of likely N-dealkylation sites (tertiary alicyclic amines) is 1. The van der Waals surface area contributed by atoms with E-state index in [0.717, 1.165) is 82.8 Å². The Hall–Kier alpha value is -4.58. The van der Waals surface area contributed by atoms with E-state index < -0.39 is 17.6 Å². The Morgan fingerprint density at radius 2 is 1.73 bits per heavy atom. The number of carbonyl (C=O) groups excluding carboxylic acids is 1. The van der Waals surface area contributed by atoms with Crippen LogP contribution in [0.25, 0.3) is 22.2 Å². The highest BCUT2D eigenvalue weighted by Gasteiger charge is 2.65. The van der Waals surface area contributed by atoms with Gasteiger partial charge >= 0.3 is 12.1 Å². The van der Waals surface area contributed by atoms with Crippen LogP contribution in [0.5, 0.6) is 11.5 Å². The van der Waals surface area contributed by atoms with Gasteiger partial charge in [-0.1, -0.05) is 12.1 Å². The molecule has 0 radical (unpaired) electrons. The van der Waals surface area contributed by atoms with E-state index in [1.807, 2.05) is 30.3 Å². The molecule has 1 saturated carbocycles. The summed E-state index contributed by atoms with van der Waals surface area (Å²) >= 11 is 0. The van der Waals surface area contributed by atoms with Gasteiger partial charge in [0.1, 0.15) is 17.6 Å². The number of aromatic amines is 1. The summed E-state index contributed by atoms with van der Waals surface area (Å²) < 4.78 is 43.4. The van der Waals surface area contributed by atoms with Crippen LogP contribution in [-0.4, -0.2) is 71.6 Å². The molecule has 7 rings (SSSR count). The smallest absolute Gasteiger partial charge is 0.490 e. The number of aromatic nitrogens is 2. The number of ether oxygens (including phenoxy) is 2. The predicted molar refractivity (Wildman–Crippen MR) is 157 cm³/mol. The molecule has 1 aromatic heterocycles. The summed E-state index contributed by atoms with van der Waals surface area (Å²) in [6.07, 6.45) is -1.88. The van der Waals surface area contributed by atoms with Crippen LogP contribution < -0.4 is 14.8 Å². The first kappa shape index (κ1) is 29.5. The third-order valence-electron chi connectivity index (χ3n) is 8.65. The quantitative estimate of drug-likeness (QED) is 0.265. The number of rotatable bonds is 5. The van der Waals surface area contributed by atoms with Gasteiger partial charge in [-0.3, -0.25) is 9.89 Å². The maximum atomic E-state index is 13.0. The van der Waals surface area contributed by atoms with E-state index in [9.17, 15) is 18.0 Å². The lowest BCUT2D eigenvalue weighted by molar-refractivity contribution is -0.192. The fraction of sp³-hybridized carbons (Fsp3) is 0.344. The van der Waals surface area contributed by atoms with Gasteiger partial charge in [0.05, 0.1) is 23.7 Å². The average Bonchev–Trinajstić information content (AvgIpc) is 3.53. The lowest BCUT2D eigenvalue weighted by atomic mass is 9.91. The van der Waals surface area contributed by atoms with Crippen molar-refractivity contribution in [3.63, 3.8) is 0 Å². The largest absolute Gasteiger partial charge is 0.497 e. The molecule has 4 aromatic rings. The van der Waals surface area contributed by atoms with Crippen molar-refractivity contribution in [2.75, 3.05) is 32.6 Å². The summed E-state index contributed by atoms with van der Waals surface area (Å²) in [5, 5.41) is 19.1. The minimum atomic E-state index is -5.08. The zero-order valence-corrected chi connectivity index (χ0v) is 24.1. The molecule has 1 saturated heterocycles. The average molecular weight is 609 g/mol. The molecule has 12 heteroatoms. The van der Waals surface area contributed by atoms with Gasteiger partial charge in [-0.25, -0.2) is 4.79 Å². The number of halogens is 3. The normalized spacial score (nSPS) is 21.4. The standard InChI is InChI=1S/C30H30N4O3.C2HF3O2/c1-34-13-11-21(12-14-34)37-20-6-3-18(4-7-20)28-23-9-5-19(15-27(23)32-33-28)25-17-30(25)24-16-22(36-2)8-10-26(24)31-29(30)35;3-2(4,5)1(6)7/h3-10,15-16,21,25H,11-14,17H2,1-2H3,(H,31,35)(H,32,33);(H,6,7)/t25-,30-;/m0./s1. The summed E-state index contributed by atoms with van der Waals surface area (Å²) in [5.74, 6) is -0.864. The fourth-order valence-electron chi connectivity index (χ4n) is 6.16. The Bertz CT molecular complexity index is 1710. The van der Waals surface area contributed by atoms with E-state index in [4.69, 9.17) is 19.4 Å². The van der Waals surface area contributed by atoms with E-state index >= 15 is 0 Å². The van der Waals surface area contributed by atoms with E-state index in [1.54, 1.807) is 7.11 Å². The van der Waals surface area contributed by atoms with Crippen molar-refractivity contribution in [1.29, 1.82) is 0 Å². The zero-order valence-electron chi connectivity index (χ0n) is 24.1. The molecule has 3 N–H and O–H groups in total. The van der Waals surface area contributed by atoms with Crippen LogP contribution in [0, 0.1) is 0 Å². The van der Waals surface area contributed by atoms with Gasteiger partial charge in [-0.05, 0) is 86.0 Å². The Kier molecular flexibility index (Phi) is 7.48. The molecule has 3 aromatic carbocycles. The molecule has 2 aliphatic heterocycles. The first-order valence-electron chi connectivity index (χ1n) is 14.2. The maximum Gasteiger partial charge on any atom is 0.490 e. The number of carboxylic acid groups (broad SMARTS) is 1. The number of carbonyl (C=O) groups is 2. The molecule has 9 nitrogen and oxygen atoms in total. The second-order valence-electron chi connectivity index (χ2n) is 11.4. The summed E-state index contributed by atoms with van der Waals surface area (Å²) in [6.45, 7) is 2.16. The topological polar surface area (TPSA) is 117 Å². The third-order valence-corrected chi connectivity index (χ3v) is 8.65. The predicted octanol–water partition coefficient (Wildman–Crippen LogP) is 5.72. The first-order valence-corrected chi connectivity index (χ1v) is 14.2. The number of H-pyrrole nitrogens is 1. The molecule has 3 heterocycles. The van der Waals surface area contributed by atoms with Gasteiger partial charge in [0.25, 0.3) is 0 Å². The number of nitrogens with one attached hydrogen (secondary N) is 2. The van der Waals surface area contributed by atoms with Gasteiger partial charge in [0.15, 0.2) is 0 Å². The Morgan fingerprint density at radius 3 is 2.39 bits per heavy atom. The van der Waals surface area contributed by atoms with E-state index in [0.29, 0.717) is 0 Å². The molecule has 1 aliphatic carbocycles. The second-order valence-corrected chi connectivity index (χ2v) is 11.4. The molecule has 0 unspecified atom stereocenters. The number of nitrogens with zero attached hydrogens (tertiary/aromatic N) is 2. The van der Waals surface area contributed by atoms with Crippen LogP contribution in [0.2, 0.25) is 0 Å². The Balaban J connectivity index is 0.000000441. The van der Waals surface area contributed by atoms with Crippen molar-refractivity contribution in [3.05, 3.63) is 71.8 Å². The van der Waals surface area contributed by atoms with Crippen LogP contribution >= 0.6 is 0 Å². The molecule has 44 heavy (non-hydrogen) atoms. The van der Waals surface area contributed by atoms with Gasteiger partial charge in [0.2, 0.25) is 5.91 Å². The van der Waals surface area contributed by atoms with Crippen LogP contribution in [0.1, 0.15) is 36.3 Å². The van der Waals surface area contributed by atoms with Gasteiger partial charge < -0.3 is 24.8 Å². The number of aliphatic carboxylic acids is 1. The highest BCUT2D eigenvalue weighted by Crippen LogP contribution is 2.65. The summed E-state index contributed by atoms with van der Waals surface area (Å²) in [4.78, 5) is 24.3. The molecule has 2 atom stereocenters. The van der Waals surface area contributed by atoms with Crippen molar-refractivity contribution < 1.29 is 37.3 Å². The van der Waals surface area contributed by atoms with Crippen molar-refractivity contribution in [3.8, 4) is 22.8 Å². The van der Waals surface area contributed by atoms with Gasteiger partial charge in [0, 0.05) is 35.6 Å². The number of benzene rings is 3. The molecule has 1 amide bonds. The van der Waals surface area contributed by atoms with Crippen molar-refractivity contribution in [2.24, 2.45) is 0 Å². The van der Waals surface area contributed by atoms with E-state index in [2.05, 4.69) is 57.8 Å². The molecule has 2 fully saturated rings. The minimum Gasteiger partial charge on any atom is -0.497 e. The van der Waals surface area contributed by atoms with Crippen molar-refractivity contribution in [1.82, 2.24) is 15.1 Å². The number of carboxylic acids is 1. The zero-order chi connectivity index (χ0) is 31.2. The summed E-state index contributed by atoms with van der Waals surface area (Å²) in [6, 6.07) is 20.5. The number of hydrogen-bond acceptors (Lipinski definition) is 6. The van der Waals surface area contributed by atoms with Crippen molar-refractivity contribution in [2.45, 2.75) is 42.9 Å². The van der Waals surface area contributed by atoms with Crippen molar-refractivity contribution >= 4 is 28.5 Å². The first-order chi connectivity index (χ1) is 21.0. The van der Waals surface area contributed by atoms with Crippen LogP contribution in [-0.2, 0) is 15.0 Å². The number of alkyl halides is 3. The summed E-state index contributed by atoms with van der Waals surface area (Å²) in [7, 11) is 3.82. The van der Waals surface area contributed by atoms with Crippen LogP contribution in [0.15, 0.2) is 60.7 Å². The number of methoxy groups -OCH3 is 1. The number of fused-ring (bicyclic) bond motifs is 3. The number of piperidine rings is 1. The van der Waals surface area contributed by atoms with Crippen LogP contribution in [0.3, 0.4) is 0 Å². The second kappa shape index (κ2) is 11.2. The molecule has 3 aliphatic rings. The minimum absolute atomic E-state index is 0.0775. The third kappa shape index (κ3) is 5.45. The van der Waals surface area contributed by atoms with E-state index in [1.165, 1.54) is 0 Å². The maximum absolute atomic E-state index is 13.0. The number of amides is 1. The lowest BCUT2D eigenvalue weighted by Crippen LogP contribution is -2.35.